The number of aromatic nitrogens is 5. The predicted octanol–water partition coefficient (Wildman–Crippen LogP) is 4.31. The normalized spacial score (nSPS) is 16.3. The van der Waals surface area contributed by atoms with E-state index in [4.69, 9.17) is 15.6 Å². The van der Waals surface area contributed by atoms with E-state index in [0.29, 0.717) is 37.4 Å². The zero-order valence-electron chi connectivity index (χ0n) is 26.3. The number of benzene rings is 2. The molecule has 0 fully saturated rings. The van der Waals surface area contributed by atoms with E-state index in [9.17, 15) is 9.59 Å². The summed E-state index contributed by atoms with van der Waals surface area (Å²) in [6.45, 7) is 3.79. The summed E-state index contributed by atoms with van der Waals surface area (Å²) in [5, 5.41) is 17.7. The zero-order valence-corrected chi connectivity index (χ0v) is 26.3. The molecule has 0 spiro atoms. The van der Waals surface area contributed by atoms with Crippen molar-refractivity contribution >= 4 is 34.1 Å². The molecule has 1 aliphatic carbocycles. The minimum absolute atomic E-state index is 0.00986. The SMILES string of the molecule is COC1C=CC(Cn2c([C@@H](Cc3c[nH]c4ccccc34)NC=O)nnc2[C@@H](Cc2c[nH]c3ccccc23)NC(=O)C(C)(C)N)=CC1. The number of H-pyrrole nitrogens is 2. The second kappa shape index (κ2) is 13.2. The van der Waals surface area contributed by atoms with Gasteiger partial charge in [0.2, 0.25) is 12.3 Å². The minimum atomic E-state index is -1.12. The molecule has 3 heterocycles. The maximum Gasteiger partial charge on any atom is 0.240 e. The number of nitrogens with one attached hydrogen (secondary N) is 4. The van der Waals surface area contributed by atoms with Crippen LogP contribution in [0.25, 0.3) is 21.8 Å². The second-order valence-corrected chi connectivity index (χ2v) is 12.4. The molecule has 0 bridgehead atoms. The van der Waals surface area contributed by atoms with Crippen molar-refractivity contribution in [1.29, 1.82) is 0 Å². The van der Waals surface area contributed by atoms with Gasteiger partial charge in [0.05, 0.1) is 30.3 Å². The van der Waals surface area contributed by atoms with Gasteiger partial charge in [-0.05, 0) is 49.1 Å². The smallest absolute Gasteiger partial charge is 0.240 e. The quantitative estimate of drug-likeness (QED) is 0.124. The van der Waals surface area contributed by atoms with Gasteiger partial charge in [0, 0.05) is 54.2 Å². The Hall–Kier alpha value is -5.00. The number of carbonyl (C=O) groups is 2. The lowest BCUT2D eigenvalue weighted by Gasteiger charge is -2.26. The van der Waals surface area contributed by atoms with Gasteiger partial charge in [0.15, 0.2) is 11.6 Å². The molecule has 3 aromatic heterocycles. The molecule has 11 nitrogen and oxygen atoms in total. The largest absolute Gasteiger partial charge is 0.377 e. The van der Waals surface area contributed by atoms with Crippen molar-refractivity contribution in [3.05, 3.63) is 108 Å². The highest BCUT2D eigenvalue weighted by Gasteiger charge is 2.31. The first-order valence-electron chi connectivity index (χ1n) is 15.5. The Morgan fingerprint density at radius 2 is 1.61 bits per heavy atom. The maximum atomic E-state index is 13.4. The molecule has 3 atom stereocenters. The summed E-state index contributed by atoms with van der Waals surface area (Å²) in [6, 6.07) is 15.0. The summed E-state index contributed by atoms with van der Waals surface area (Å²) in [5.74, 6) is 0.841. The fourth-order valence-electron chi connectivity index (χ4n) is 6.02. The van der Waals surface area contributed by atoms with Crippen LogP contribution in [0.1, 0.15) is 55.1 Å². The first-order chi connectivity index (χ1) is 22.2. The van der Waals surface area contributed by atoms with Crippen LogP contribution in [0.2, 0.25) is 0 Å². The van der Waals surface area contributed by atoms with E-state index in [1.54, 1.807) is 21.0 Å². The summed E-state index contributed by atoms with van der Waals surface area (Å²) in [7, 11) is 1.70. The predicted molar refractivity (Wildman–Crippen MR) is 178 cm³/mol. The summed E-state index contributed by atoms with van der Waals surface area (Å²) in [6.07, 6.45) is 12.5. The number of nitrogens with zero attached hydrogens (tertiary/aromatic N) is 3. The average Bonchev–Trinajstić information content (AvgIpc) is 3.78. The molecule has 238 valence electrons. The van der Waals surface area contributed by atoms with E-state index in [-0.39, 0.29) is 12.0 Å². The lowest BCUT2D eigenvalue weighted by Crippen LogP contribution is -2.50. The number of methoxy groups -OCH3 is 1. The van der Waals surface area contributed by atoms with E-state index in [0.717, 1.165) is 44.9 Å². The number of hydrogen-bond donors (Lipinski definition) is 5. The van der Waals surface area contributed by atoms with Crippen LogP contribution in [0.15, 0.2) is 84.7 Å². The third kappa shape index (κ3) is 6.51. The molecule has 2 aromatic carbocycles. The Balaban J connectivity index is 1.44. The van der Waals surface area contributed by atoms with Crippen LogP contribution in [0.4, 0.5) is 0 Å². The highest BCUT2D eigenvalue weighted by Crippen LogP contribution is 2.29. The summed E-state index contributed by atoms with van der Waals surface area (Å²) >= 11 is 0. The molecule has 1 unspecified atom stereocenters. The number of hydrogen-bond acceptors (Lipinski definition) is 6. The number of ether oxygens (including phenoxy) is 1. The molecular weight excluding hydrogens is 580 g/mol. The number of nitrogens with two attached hydrogens (primary N) is 1. The fourth-order valence-corrected chi connectivity index (χ4v) is 6.02. The second-order valence-electron chi connectivity index (χ2n) is 12.4. The minimum Gasteiger partial charge on any atom is -0.377 e. The Labute approximate surface area is 267 Å². The van der Waals surface area contributed by atoms with Crippen LogP contribution in [0, 0.1) is 0 Å². The van der Waals surface area contributed by atoms with Gasteiger partial charge in [-0.3, -0.25) is 9.59 Å². The molecule has 11 heteroatoms. The topological polar surface area (TPSA) is 156 Å². The number of aromatic amines is 2. The molecule has 0 radical (unpaired) electrons. The van der Waals surface area contributed by atoms with E-state index in [1.165, 1.54) is 0 Å². The van der Waals surface area contributed by atoms with Gasteiger partial charge in [0.25, 0.3) is 0 Å². The van der Waals surface area contributed by atoms with Crippen LogP contribution in [-0.2, 0) is 33.7 Å². The summed E-state index contributed by atoms with van der Waals surface area (Å²) in [4.78, 5) is 32.0. The molecule has 2 amide bonds. The number of allylic oxidation sites excluding steroid dienone is 2. The Morgan fingerprint density at radius 3 is 2.15 bits per heavy atom. The molecule has 1 aliphatic rings. The molecule has 0 saturated heterocycles. The van der Waals surface area contributed by atoms with E-state index in [2.05, 4.69) is 43.9 Å². The third-order valence-electron chi connectivity index (χ3n) is 8.57. The van der Waals surface area contributed by atoms with Crippen LogP contribution >= 0.6 is 0 Å². The van der Waals surface area contributed by atoms with Gasteiger partial charge in [-0.1, -0.05) is 54.6 Å². The van der Waals surface area contributed by atoms with Crippen LogP contribution in [0.5, 0.6) is 0 Å². The lowest BCUT2D eigenvalue weighted by molar-refractivity contribution is -0.126. The number of fused-ring (bicyclic) bond motifs is 2. The van der Waals surface area contributed by atoms with E-state index in [1.807, 2.05) is 65.5 Å². The van der Waals surface area contributed by atoms with Crippen LogP contribution in [-0.4, -0.2) is 55.8 Å². The average molecular weight is 621 g/mol. The van der Waals surface area contributed by atoms with Crippen molar-refractivity contribution in [2.24, 2.45) is 5.73 Å². The standard InChI is InChI=1S/C35H40N8O3/c1-35(2,36)34(45)40-31(17-24-19-38-29-11-7-5-9-27(24)29)33-42-41-32(43(33)20-22-12-14-25(46-3)15-13-22)30(39-21-44)16-23-18-37-28-10-6-4-8-26(23)28/h4-14,18-19,21,25,30-31,37-38H,15-17,20,36H2,1-3H3,(H,39,44)(H,40,45)/t25?,30-,31-/m1/s1. The lowest BCUT2D eigenvalue weighted by atomic mass is 10.0. The Kier molecular flexibility index (Phi) is 8.87. The van der Waals surface area contributed by atoms with Crippen LogP contribution in [0.3, 0.4) is 0 Å². The number of para-hydroxylation sites is 2. The van der Waals surface area contributed by atoms with Gasteiger partial charge in [-0.15, -0.1) is 10.2 Å². The number of rotatable bonds is 13. The van der Waals surface area contributed by atoms with Crippen molar-refractivity contribution in [2.45, 2.75) is 63.4 Å². The van der Waals surface area contributed by atoms with Crippen molar-refractivity contribution in [1.82, 2.24) is 35.4 Å². The van der Waals surface area contributed by atoms with E-state index < -0.39 is 17.6 Å². The number of carbonyl (C=O) groups excluding carboxylic acids is 2. The summed E-state index contributed by atoms with van der Waals surface area (Å²) in [5.41, 5.74) is 10.3. The van der Waals surface area contributed by atoms with Crippen molar-refractivity contribution in [3.63, 3.8) is 0 Å². The molecule has 5 aromatic rings. The van der Waals surface area contributed by atoms with Crippen LogP contribution < -0.4 is 16.4 Å². The molecule has 6 rings (SSSR count). The van der Waals surface area contributed by atoms with Gasteiger partial charge >= 0.3 is 0 Å². The Morgan fingerprint density at radius 1 is 1.02 bits per heavy atom. The van der Waals surface area contributed by atoms with Gasteiger partial charge in [-0.2, -0.15) is 0 Å². The van der Waals surface area contributed by atoms with Crippen molar-refractivity contribution in [2.75, 3.05) is 7.11 Å². The molecule has 46 heavy (non-hydrogen) atoms. The van der Waals surface area contributed by atoms with Crippen molar-refractivity contribution in [3.8, 4) is 0 Å². The molecule has 0 saturated carbocycles. The maximum absolute atomic E-state index is 13.4. The molecule has 6 N–H and O–H groups in total. The molecule has 0 aliphatic heterocycles. The first kappa shape index (κ1) is 31.0. The fraction of sp³-hybridized carbons (Fsp3) is 0.314. The van der Waals surface area contributed by atoms with Gasteiger partial charge < -0.3 is 35.6 Å². The highest BCUT2D eigenvalue weighted by molar-refractivity contribution is 5.86. The van der Waals surface area contributed by atoms with Gasteiger partial charge in [0.1, 0.15) is 0 Å². The highest BCUT2D eigenvalue weighted by atomic mass is 16.5. The zero-order chi connectivity index (χ0) is 32.3. The van der Waals surface area contributed by atoms with Crippen molar-refractivity contribution < 1.29 is 14.3 Å². The van der Waals surface area contributed by atoms with Gasteiger partial charge in [-0.25, -0.2) is 0 Å². The Bertz CT molecular complexity index is 1910. The molecular formula is C35H40N8O3. The monoisotopic (exact) mass is 620 g/mol. The van der Waals surface area contributed by atoms with E-state index >= 15 is 0 Å². The third-order valence-corrected chi connectivity index (χ3v) is 8.57. The first-order valence-corrected chi connectivity index (χ1v) is 15.5. The summed E-state index contributed by atoms with van der Waals surface area (Å²) < 4.78 is 7.53. The number of amides is 2.